The van der Waals surface area contributed by atoms with Gasteiger partial charge in [-0.05, 0) is 78.7 Å². The van der Waals surface area contributed by atoms with E-state index in [0.29, 0.717) is 24.8 Å². The Morgan fingerprint density at radius 1 is 1.03 bits per heavy atom. The first kappa shape index (κ1) is 24.3. The average Bonchev–Trinajstić information content (AvgIpc) is 3.27. The molecule has 3 aromatic carbocycles. The number of benzene rings is 3. The van der Waals surface area contributed by atoms with Crippen LogP contribution in [0.1, 0.15) is 24.5 Å². The first-order valence-corrected chi connectivity index (χ1v) is 11.7. The fourth-order valence-corrected chi connectivity index (χ4v) is 3.81. The van der Waals surface area contributed by atoms with Gasteiger partial charge < -0.3 is 14.4 Å². The lowest BCUT2D eigenvalue weighted by molar-refractivity contribution is -0.126. The normalized spacial score (nSPS) is 15.4. The Kier molecular flexibility index (Phi) is 8.00. The highest BCUT2D eigenvalue weighted by Crippen LogP contribution is 2.27. The van der Waals surface area contributed by atoms with Gasteiger partial charge in [-0.1, -0.05) is 23.7 Å². The van der Waals surface area contributed by atoms with Gasteiger partial charge in [0.25, 0.3) is 0 Å². The van der Waals surface area contributed by atoms with E-state index in [9.17, 15) is 9.59 Å². The van der Waals surface area contributed by atoms with Crippen molar-refractivity contribution >= 4 is 35.3 Å². The fraction of sp³-hybridized carbons (Fsp3) is 0.222. The van der Waals surface area contributed by atoms with Crippen molar-refractivity contribution in [3.05, 3.63) is 88.9 Å². The maximum Gasteiger partial charge on any atom is 0.245 e. The summed E-state index contributed by atoms with van der Waals surface area (Å²) in [6, 6.07) is 22.1. The number of nitrogens with zero attached hydrogens (tertiary/aromatic N) is 2. The van der Waals surface area contributed by atoms with Gasteiger partial charge in [-0.15, -0.1) is 0 Å². The summed E-state index contributed by atoms with van der Waals surface area (Å²) < 4.78 is 11.2. The first-order chi connectivity index (χ1) is 17.0. The number of rotatable bonds is 9. The minimum absolute atomic E-state index is 0.0903. The number of halogens is 1. The molecule has 0 saturated carbocycles. The third-order valence-corrected chi connectivity index (χ3v) is 5.79. The van der Waals surface area contributed by atoms with E-state index in [0.717, 1.165) is 28.3 Å². The second kappa shape index (κ2) is 11.5. The molecule has 7 nitrogen and oxygen atoms in total. The van der Waals surface area contributed by atoms with Gasteiger partial charge in [-0.3, -0.25) is 9.59 Å². The van der Waals surface area contributed by atoms with Crippen LogP contribution in [0.25, 0.3) is 0 Å². The zero-order chi connectivity index (χ0) is 24.6. The SMILES string of the molecule is CCOc1ccc(N2C[C@H](C(=O)N/N=C\c3ccc(OCc4ccc(Cl)cc4)cc3)CC2=O)cc1. The summed E-state index contributed by atoms with van der Waals surface area (Å²) in [5.74, 6) is 0.626. The van der Waals surface area contributed by atoms with Crippen LogP contribution in [0.3, 0.4) is 0 Å². The standard InChI is InChI=1S/C27H26ClN3O4/c1-2-34-24-13-9-23(10-14-24)31-17-21(15-26(31)32)27(33)30-29-16-19-5-11-25(12-6-19)35-18-20-3-7-22(28)8-4-20/h3-14,16,21H,2,15,17-18H2,1H3,(H,30,33)/b29-16-/t21-/m1/s1. The Hall–Kier alpha value is -3.84. The average molecular weight is 492 g/mol. The maximum atomic E-state index is 12.5. The number of ether oxygens (including phenoxy) is 2. The third kappa shape index (κ3) is 6.61. The quantitative estimate of drug-likeness (QED) is 0.344. The molecule has 2 amide bonds. The van der Waals surface area contributed by atoms with Crippen LogP contribution in [-0.4, -0.2) is 31.2 Å². The molecular formula is C27H26ClN3O4. The molecule has 0 radical (unpaired) electrons. The first-order valence-electron chi connectivity index (χ1n) is 11.4. The van der Waals surface area contributed by atoms with E-state index < -0.39 is 5.92 Å². The van der Waals surface area contributed by atoms with Crippen molar-refractivity contribution in [1.29, 1.82) is 0 Å². The number of anilines is 1. The Bertz CT molecular complexity index is 1180. The van der Waals surface area contributed by atoms with E-state index in [2.05, 4.69) is 10.5 Å². The minimum Gasteiger partial charge on any atom is -0.494 e. The molecular weight excluding hydrogens is 466 g/mol. The lowest BCUT2D eigenvalue weighted by atomic mass is 10.1. The Morgan fingerprint density at radius 2 is 1.69 bits per heavy atom. The molecule has 0 bridgehead atoms. The van der Waals surface area contributed by atoms with Crippen molar-refractivity contribution in [3.8, 4) is 11.5 Å². The third-order valence-electron chi connectivity index (χ3n) is 5.54. The van der Waals surface area contributed by atoms with Crippen LogP contribution in [0.5, 0.6) is 11.5 Å². The molecule has 1 saturated heterocycles. The monoisotopic (exact) mass is 491 g/mol. The molecule has 0 unspecified atom stereocenters. The number of hydrazone groups is 1. The van der Waals surface area contributed by atoms with E-state index in [1.807, 2.05) is 79.7 Å². The van der Waals surface area contributed by atoms with E-state index in [4.69, 9.17) is 21.1 Å². The molecule has 4 rings (SSSR count). The molecule has 3 aromatic rings. The van der Waals surface area contributed by atoms with Crippen LogP contribution in [0.2, 0.25) is 5.02 Å². The summed E-state index contributed by atoms with van der Waals surface area (Å²) in [6.45, 7) is 3.24. The van der Waals surface area contributed by atoms with Gasteiger partial charge in [-0.2, -0.15) is 5.10 Å². The van der Waals surface area contributed by atoms with E-state index in [-0.39, 0.29) is 18.2 Å². The highest BCUT2D eigenvalue weighted by Gasteiger charge is 2.35. The van der Waals surface area contributed by atoms with Gasteiger partial charge in [0, 0.05) is 23.7 Å². The van der Waals surface area contributed by atoms with Crippen LogP contribution < -0.4 is 19.8 Å². The van der Waals surface area contributed by atoms with Crippen molar-refractivity contribution in [3.63, 3.8) is 0 Å². The molecule has 1 heterocycles. The molecule has 8 heteroatoms. The summed E-state index contributed by atoms with van der Waals surface area (Å²) in [5.41, 5.74) is 5.12. The Labute approximate surface area is 209 Å². The highest BCUT2D eigenvalue weighted by molar-refractivity contribution is 6.30. The molecule has 1 N–H and O–H groups in total. The van der Waals surface area contributed by atoms with Crippen molar-refractivity contribution in [2.75, 3.05) is 18.1 Å². The fourth-order valence-electron chi connectivity index (χ4n) is 3.68. The lowest BCUT2D eigenvalue weighted by Crippen LogP contribution is -2.30. The summed E-state index contributed by atoms with van der Waals surface area (Å²) in [5, 5.41) is 4.74. The molecule has 0 aliphatic carbocycles. The van der Waals surface area contributed by atoms with Gasteiger partial charge in [0.15, 0.2) is 0 Å². The van der Waals surface area contributed by atoms with Gasteiger partial charge >= 0.3 is 0 Å². The van der Waals surface area contributed by atoms with Crippen LogP contribution in [0.15, 0.2) is 77.9 Å². The van der Waals surface area contributed by atoms with E-state index in [1.54, 1.807) is 11.1 Å². The van der Waals surface area contributed by atoms with Crippen LogP contribution >= 0.6 is 11.6 Å². The van der Waals surface area contributed by atoms with Gasteiger partial charge in [0.2, 0.25) is 11.8 Å². The van der Waals surface area contributed by atoms with Gasteiger partial charge in [-0.25, -0.2) is 5.43 Å². The molecule has 1 aliphatic heterocycles. The number of carbonyl (C=O) groups is 2. The van der Waals surface area contributed by atoms with Crippen LogP contribution in [0, 0.1) is 5.92 Å². The van der Waals surface area contributed by atoms with Crippen LogP contribution in [-0.2, 0) is 16.2 Å². The summed E-state index contributed by atoms with van der Waals surface area (Å²) >= 11 is 5.90. The molecule has 1 fully saturated rings. The number of hydrogen-bond acceptors (Lipinski definition) is 5. The maximum absolute atomic E-state index is 12.5. The lowest BCUT2D eigenvalue weighted by Gasteiger charge is -2.17. The minimum atomic E-state index is -0.463. The topological polar surface area (TPSA) is 80.2 Å². The molecule has 0 aromatic heterocycles. The zero-order valence-corrected chi connectivity index (χ0v) is 20.1. The van der Waals surface area contributed by atoms with Crippen molar-refractivity contribution in [2.24, 2.45) is 11.0 Å². The zero-order valence-electron chi connectivity index (χ0n) is 19.3. The molecule has 180 valence electrons. The van der Waals surface area contributed by atoms with Crippen molar-refractivity contribution < 1.29 is 19.1 Å². The summed E-state index contributed by atoms with van der Waals surface area (Å²) in [6.07, 6.45) is 1.70. The van der Waals surface area contributed by atoms with Gasteiger partial charge in [0.05, 0.1) is 18.7 Å². The Morgan fingerprint density at radius 3 is 2.37 bits per heavy atom. The number of amides is 2. The van der Waals surface area contributed by atoms with E-state index in [1.165, 1.54) is 0 Å². The smallest absolute Gasteiger partial charge is 0.245 e. The molecule has 1 aliphatic rings. The summed E-state index contributed by atoms with van der Waals surface area (Å²) in [7, 11) is 0. The number of carbonyl (C=O) groups excluding carboxylic acids is 2. The second-order valence-corrected chi connectivity index (χ2v) is 8.49. The van der Waals surface area contributed by atoms with Crippen LogP contribution in [0.4, 0.5) is 5.69 Å². The predicted molar refractivity (Wildman–Crippen MR) is 136 cm³/mol. The molecule has 1 atom stereocenters. The number of hydrogen-bond donors (Lipinski definition) is 1. The number of nitrogens with one attached hydrogen (secondary N) is 1. The predicted octanol–water partition coefficient (Wildman–Crippen LogP) is 4.82. The van der Waals surface area contributed by atoms with E-state index >= 15 is 0 Å². The molecule has 35 heavy (non-hydrogen) atoms. The highest BCUT2D eigenvalue weighted by atomic mass is 35.5. The Balaban J connectivity index is 1.25. The second-order valence-electron chi connectivity index (χ2n) is 8.05. The van der Waals surface area contributed by atoms with Crippen molar-refractivity contribution in [2.45, 2.75) is 20.0 Å². The largest absolute Gasteiger partial charge is 0.494 e. The summed E-state index contributed by atoms with van der Waals surface area (Å²) in [4.78, 5) is 26.6. The molecule has 0 spiro atoms. The van der Waals surface area contributed by atoms with Crippen molar-refractivity contribution in [1.82, 2.24) is 5.43 Å². The van der Waals surface area contributed by atoms with Gasteiger partial charge in [0.1, 0.15) is 18.1 Å².